The first-order valence-corrected chi connectivity index (χ1v) is 8.90. The predicted octanol–water partition coefficient (Wildman–Crippen LogP) is 2.16. The highest BCUT2D eigenvalue weighted by atomic mass is 35.5. The summed E-state index contributed by atoms with van der Waals surface area (Å²) in [4.78, 5) is 37.5. The number of carbonyl (C=O) groups is 3. The summed E-state index contributed by atoms with van der Waals surface area (Å²) >= 11 is 5.93. The van der Waals surface area contributed by atoms with E-state index in [2.05, 4.69) is 5.32 Å². The molecule has 2 amide bonds. The van der Waals surface area contributed by atoms with E-state index in [0.717, 1.165) is 12.0 Å². The fraction of sp³-hybridized carbons (Fsp3) is 0.500. The first kappa shape index (κ1) is 20.2. The summed E-state index contributed by atoms with van der Waals surface area (Å²) < 4.78 is 10.2. The van der Waals surface area contributed by atoms with Crippen molar-refractivity contribution in [1.82, 2.24) is 4.90 Å². The van der Waals surface area contributed by atoms with Crippen LogP contribution < -0.4 is 5.32 Å². The van der Waals surface area contributed by atoms with Gasteiger partial charge in [0.1, 0.15) is 0 Å². The Morgan fingerprint density at radius 2 is 2.15 bits per heavy atom. The van der Waals surface area contributed by atoms with Crippen LogP contribution in [0.5, 0.6) is 0 Å². The van der Waals surface area contributed by atoms with Crippen LogP contribution in [0, 0.1) is 6.92 Å². The number of hydrogen-bond acceptors (Lipinski definition) is 5. The first-order chi connectivity index (χ1) is 12.4. The van der Waals surface area contributed by atoms with E-state index in [9.17, 15) is 14.4 Å². The van der Waals surface area contributed by atoms with Gasteiger partial charge in [-0.25, -0.2) is 4.79 Å². The van der Waals surface area contributed by atoms with Crippen LogP contribution in [-0.4, -0.2) is 55.1 Å². The fourth-order valence-electron chi connectivity index (χ4n) is 2.55. The highest BCUT2D eigenvalue weighted by Gasteiger charge is 2.26. The van der Waals surface area contributed by atoms with Crippen LogP contribution in [0.1, 0.15) is 25.3 Å². The minimum Gasteiger partial charge on any atom is -0.454 e. The summed E-state index contributed by atoms with van der Waals surface area (Å²) in [6, 6.07) is 5.18. The topological polar surface area (TPSA) is 84.9 Å². The minimum absolute atomic E-state index is 0.140. The molecule has 0 radical (unpaired) electrons. The second kappa shape index (κ2) is 9.54. The number of likely N-dealkylation sites (N-methyl/N-ethyl adjacent to an activating group) is 1. The molecule has 0 saturated carbocycles. The molecule has 2 rings (SSSR count). The molecule has 1 heterocycles. The Morgan fingerprint density at radius 3 is 2.81 bits per heavy atom. The number of benzene rings is 1. The molecular weight excluding hydrogens is 360 g/mol. The van der Waals surface area contributed by atoms with Gasteiger partial charge in [-0.15, -0.1) is 0 Å². The lowest BCUT2D eigenvalue weighted by Gasteiger charge is -2.21. The average molecular weight is 383 g/mol. The number of hydrogen-bond donors (Lipinski definition) is 1. The Morgan fingerprint density at radius 1 is 1.38 bits per heavy atom. The van der Waals surface area contributed by atoms with Gasteiger partial charge in [0, 0.05) is 23.9 Å². The molecule has 1 aliphatic rings. The van der Waals surface area contributed by atoms with Crippen LogP contribution >= 0.6 is 11.6 Å². The van der Waals surface area contributed by atoms with Crippen LogP contribution in [0.15, 0.2) is 18.2 Å². The Bertz CT molecular complexity index is 674. The van der Waals surface area contributed by atoms with E-state index in [1.807, 2.05) is 6.92 Å². The second-order valence-electron chi connectivity index (χ2n) is 6.02. The Balaban J connectivity index is 1.84. The van der Waals surface area contributed by atoms with E-state index in [4.69, 9.17) is 21.1 Å². The van der Waals surface area contributed by atoms with Gasteiger partial charge >= 0.3 is 5.97 Å². The van der Waals surface area contributed by atoms with Crippen molar-refractivity contribution in [2.24, 2.45) is 0 Å². The number of halogens is 1. The molecule has 1 saturated heterocycles. The maximum Gasteiger partial charge on any atom is 0.335 e. The molecule has 8 heteroatoms. The van der Waals surface area contributed by atoms with Gasteiger partial charge in [-0.1, -0.05) is 17.7 Å². The number of aryl methyl sites for hydroxylation is 1. The number of rotatable bonds is 7. The quantitative estimate of drug-likeness (QED) is 0.730. The van der Waals surface area contributed by atoms with Crippen molar-refractivity contribution in [3.05, 3.63) is 28.8 Å². The van der Waals surface area contributed by atoms with Crippen LogP contribution in [-0.2, 0) is 23.9 Å². The summed E-state index contributed by atoms with van der Waals surface area (Å²) in [6.45, 7) is 3.89. The number of nitrogens with one attached hydrogen (secondary N) is 1. The van der Waals surface area contributed by atoms with Crippen LogP contribution in [0.2, 0.25) is 5.02 Å². The van der Waals surface area contributed by atoms with Gasteiger partial charge in [-0.05, 0) is 44.4 Å². The maximum atomic E-state index is 12.2. The zero-order chi connectivity index (χ0) is 19.1. The number of nitrogens with zero attached hydrogens (tertiary/aromatic N) is 1. The standard InChI is InChI=1S/C18H23ClN2O5/c1-3-21(17(23)11-26-18(24)15-5-4-8-25-15)10-16(22)20-14-9-13(19)7-6-12(14)2/h6-7,9,15H,3-5,8,10-11H2,1-2H3,(H,20,22)/t15-/m1/s1. The van der Waals surface area contributed by atoms with Crippen LogP contribution in [0.4, 0.5) is 5.69 Å². The molecule has 1 atom stereocenters. The number of ether oxygens (including phenoxy) is 2. The van der Waals surface area contributed by atoms with Crippen LogP contribution in [0.25, 0.3) is 0 Å². The van der Waals surface area contributed by atoms with Gasteiger partial charge in [-0.3, -0.25) is 9.59 Å². The van der Waals surface area contributed by atoms with Gasteiger partial charge in [0.25, 0.3) is 5.91 Å². The Hall–Kier alpha value is -2.12. The lowest BCUT2D eigenvalue weighted by Crippen LogP contribution is -2.40. The second-order valence-corrected chi connectivity index (χ2v) is 6.46. The monoisotopic (exact) mass is 382 g/mol. The third kappa shape index (κ3) is 5.71. The molecule has 1 aromatic carbocycles. The molecule has 1 aromatic rings. The smallest absolute Gasteiger partial charge is 0.335 e. The molecule has 0 spiro atoms. The molecule has 0 aromatic heterocycles. The van der Waals surface area contributed by atoms with Gasteiger partial charge in [0.05, 0.1) is 6.54 Å². The zero-order valence-corrected chi connectivity index (χ0v) is 15.7. The molecule has 0 aliphatic carbocycles. The summed E-state index contributed by atoms with van der Waals surface area (Å²) in [5.74, 6) is -1.32. The van der Waals surface area contributed by atoms with Gasteiger partial charge < -0.3 is 19.7 Å². The average Bonchev–Trinajstić information content (AvgIpc) is 3.15. The van der Waals surface area contributed by atoms with Crippen molar-refractivity contribution < 1.29 is 23.9 Å². The summed E-state index contributed by atoms with van der Waals surface area (Å²) in [5.41, 5.74) is 1.46. The van der Waals surface area contributed by atoms with E-state index in [0.29, 0.717) is 30.3 Å². The molecular formula is C18H23ClN2O5. The Kier molecular flexibility index (Phi) is 7.41. The van der Waals surface area contributed by atoms with E-state index >= 15 is 0 Å². The van der Waals surface area contributed by atoms with Crippen molar-refractivity contribution in [2.75, 3.05) is 31.6 Å². The minimum atomic E-state index is -0.591. The normalized spacial score (nSPS) is 16.2. The highest BCUT2D eigenvalue weighted by molar-refractivity contribution is 6.31. The van der Waals surface area contributed by atoms with E-state index in [1.54, 1.807) is 25.1 Å². The number of esters is 1. The van der Waals surface area contributed by atoms with Crippen molar-refractivity contribution in [3.8, 4) is 0 Å². The highest BCUT2D eigenvalue weighted by Crippen LogP contribution is 2.20. The van der Waals surface area contributed by atoms with Crippen LogP contribution in [0.3, 0.4) is 0 Å². The Labute approximate surface area is 157 Å². The molecule has 0 bridgehead atoms. The molecule has 1 N–H and O–H groups in total. The predicted molar refractivity (Wildman–Crippen MR) is 97.0 cm³/mol. The molecule has 0 unspecified atom stereocenters. The van der Waals surface area contributed by atoms with Crippen molar-refractivity contribution in [3.63, 3.8) is 0 Å². The fourth-order valence-corrected chi connectivity index (χ4v) is 2.72. The zero-order valence-electron chi connectivity index (χ0n) is 14.9. The number of anilines is 1. The maximum absolute atomic E-state index is 12.2. The van der Waals surface area contributed by atoms with E-state index in [-0.39, 0.29) is 12.5 Å². The van der Waals surface area contributed by atoms with Gasteiger partial charge in [0.15, 0.2) is 12.7 Å². The van der Waals surface area contributed by atoms with Gasteiger partial charge in [0.2, 0.25) is 5.91 Å². The third-order valence-corrected chi connectivity index (χ3v) is 4.31. The van der Waals surface area contributed by atoms with Crippen molar-refractivity contribution in [1.29, 1.82) is 0 Å². The third-order valence-electron chi connectivity index (χ3n) is 4.07. The van der Waals surface area contributed by atoms with E-state index < -0.39 is 24.6 Å². The molecule has 26 heavy (non-hydrogen) atoms. The van der Waals surface area contributed by atoms with Crippen molar-refractivity contribution in [2.45, 2.75) is 32.8 Å². The summed E-state index contributed by atoms with van der Waals surface area (Å²) in [7, 11) is 0. The largest absolute Gasteiger partial charge is 0.454 e. The SMILES string of the molecule is CCN(CC(=O)Nc1cc(Cl)ccc1C)C(=O)COC(=O)[C@H]1CCCO1. The molecule has 7 nitrogen and oxygen atoms in total. The number of carbonyl (C=O) groups excluding carboxylic acids is 3. The lowest BCUT2D eigenvalue weighted by atomic mass is 10.2. The van der Waals surface area contributed by atoms with Gasteiger partial charge in [-0.2, -0.15) is 0 Å². The molecule has 142 valence electrons. The van der Waals surface area contributed by atoms with E-state index in [1.165, 1.54) is 4.90 Å². The van der Waals surface area contributed by atoms with Crippen molar-refractivity contribution >= 4 is 35.1 Å². The first-order valence-electron chi connectivity index (χ1n) is 8.52. The lowest BCUT2D eigenvalue weighted by molar-refractivity contribution is -0.159. The number of amides is 2. The molecule has 1 aliphatic heterocycles. The summed E-state index contributed by atoms with van der Waals surface area (Å²) in [5, 5.41) is 3.24. The molecule has 1 fully saturated rings. The summed E-state index contributed by atoms with van der Waals surface area (Å²) in [6.07, 6.45) is 0.816.